The van der Waals surface area contributed by atoms with Crippen LogP contribution in [0.15, 0.2) is 49.3 Å². The van der Waals surface area contributed by atoms with E-state index in [2.05, 4.69) is 69.8 Å². The van der Waals surface area contributed by atoms with Crippen LogP contribution in [-0.2, 0) is 5.54 Å². The molecule has 4 aromatic heterocycles. The van der Waals surface area contributed by atoms with E-state index in [1.807, 2.05) is 29.6 Å². The van der Waals surface area contributed by atoms with Crippen molar-refractivity contribution >= 4 is 22.2 Å². The third kappa shape index (κ3) is 2.73. The molecule has 0 radical (unpaired) electrons. The molecule has 4 heterocycles. The molecule has 0 spiro atoms. The molecule has 5 aromatic rings. The van der Waals surface area contributed by atoms with E-state index in [-0.39, 0.29) is 5.54 Å². The van der Waals surface area contributed by atoms with Crippen LogP contribution in [0, 0.1) is 0 Å². The predicted octanol–water partition coefficient (Wildman–Crippen LogP) is 4.93. The van der Waals surface area contributed by atoms with Gasteiger partial charge in [0, 0.05) is 29.1 Å². The lowest BCUT2D eigenvalue weighted by Gasteiger charge is -2.21. The number of hydrogen-bond donors (Lipinski definition) is 1. The first-order chi connectivity index (χ1) is 14.5. The number of rotatable bonds is 3. The summed E-state index contributed by atoms with van der Waals surface area (Å²) in [5.74, 6) is 0. The molecule has 1 aliphatic carbocycles. The van der Waals surface area contributed by atoms with Gasteiger partial charge >= 0.3 is 0 Å². The fourth-order valence-electron chi connectivity index (χ4n) is 3.97. The summed E-state index contributed by atoms with van der Waals surface area (Å²) >= 11 is 0. The van der Waals surface area contributed by atoms with Crippen molar-refractivity contribution in [2.45, 2.75) is 45.2 Å². The summed E-state index contributed by atoms with van der Waals surface area (Å²) in [4.78, 5) is 17.4. The monoisotopic (exact) mass is 397 g/mol. The third-order valence-electron chi connectivity index (χ3n) is 5.78. The van der Waals surface area contributed by atoms with Gasteiger partial charge in [-0.1, -0.05) is 6.07 Å². The average Bonchev–Trinajstić information content (AvgIpc) is 3.15. The van der Waals surface area contributed by atoms with Crippen LogP contribution in [-0.4, -0.2) is 34.3 Å². The Morgan fingerprint density at radius 2 is 1.93 bits per heavy atom. The van der Waals surface area contributed by atoms with E-state index in [0.717, 1.165) is 44.6 Å². The van der Waals surface area contributed by atoms with Gasteiger partial charge in [-0.3, -0.25) is 4.68 Å². The Morgan fingerprint density at radius 1 is 1.07 bits per heavy atom. The molecule has 7 nitrogen and oxygen atoms in total. The number of fused-ring (bicyclic) bond motifs is 2. The Bertz CT molecular complexity index is 1390. The lowest BCUT2D eigenvalue weighted by Crippen LogP contribution is -2.20. The summed E-state index contributed by atoms with van der Waals surface area (Å²) in [5.41, 5.74) is 7.71. The van der Waals surface area contributed by atoms with E-state index in [1.54, 1.807) is 0 Å². The largest absolute Gasteiger partial charge is 0.344 e. The number of nitrogens with one attached hydrogen (secondary N) is 1. The molecule has 0 saturated heterocycles. The average molecular weight is 397 g/mol. The third-order valence-corrected chi connectivity index (χ3v) is 5.78. The molecule has 0 unspecified atom stereocenters. The molecule has 1 fully saturated rings. The molecule has 150 valence electrons. The van der Waals surface area contributed by atoms with Crippen LogP contribution in [0.1, 0.15) is 39.7 Å². The van der Waals surface area contributed by atoms with Crippen molar-refractivity contribution < 1.29 is 0 Å². The van der Waals surface area contributed by atoms with E-state index >= 15 is 0 Å². The lowest BCUT2D eigenvalue weighted by atomic mass is 10.1. The van der Waals surface area contributed by atoms with Crippen molar-refractivity contribution in [1.82, 2.24) is 34.3 Å². The number of hydrogen-bond acceptors (Lipinski definition) is 4. The zero-order valence-corrected chi connectivity index (χ0v) is 17.3. The van der Waals surface area contributed by atoms with Gasteiger partial charge in [-0.05, 0) is 51.3 Å². The summed E-state index contributed by atoms with van der Waals surface area (Å²) < 4.78 is 4.25. The molecule has 1 aromatic carbocycles. The van der Waals surface area contributed by atoms with Crippen LogP contribution in [0.5, 0.6) is 0 Å². The van der Waals surface area contributed by atoms with Gasteiger partial charge in [0.1, 0.15) is 5.52 Å². The smallest absolute Gasteiger partial charge is 0.156 e. The van der Waals surface area contributed by atoms with E-state index in [1.165, 1.54) is 12.8 Å². The first-order valence-electron chi connectivity index (χ1n) is 10.3. The van der Waals surface area contributed by atoms with Gasteiger partial charge in [0.15, 0.2) is 5.65 Å². The summed E-state index contributed by atoms with van der Waals surface area (Å²) in [5, 5.41) is 4.50. The zero-order valence-electron chi connectivity index (χ0n) is 17.3. The molecule has 1 N–H and O–H groups in total. The molecule has 7 heteroatoms. The van der Waals surface area contributed by atoms with Crippen molar-refractivity contribution in [3.63, 3.8) is 0 Å². The van der Waals surface area contributed by atoms with Gasteiger partial charge in [-0.25, -0.2) is 15.0 Å². The first-order valence-corrected chi connectivity index (χ1v) is 10.3. The summed E-state index contributed by atoms with van der Waals surface area (Å²) in [7, 11) is 0. The standard InChI is InChI=1S/C23H23N7/c1-23(2,3)29-13-26-18-7-4-14(8-20(18)29)17-10-24-22-21(17)28-19(11-25-22)15-9-27-30(12-15)16-5-6-16/h4,7-13,16H,5-6H2,1-3H3,(H,24,25). The van der Waals surface area contributed by atoms with Gasteiger partial charge in [0.25, 0.3) is 0 Å². The number of H-pyrrole nitrogens is 1. The quantitative estimate of drug-likeness (QED) is 0.468. The minimum absolute atomic E-state index is 0.0394. The number of nitrogens with zero attached hydrogens (tertiary/aromatic N) is 6. The van der Waals surface area contributed by atoms with Gasteiger partial charge in [-0.15, -0.1) is 0 Å². The van der Waals surface area contributed by atoms with Crippen molar-refractivity contribution in [1.29, 1.82) is 0 Å². The van der Waals surface area contributed by atoms with Crippen LogP contribution >= 0.6 is 0 Å². The van der Waals surface area contributed by atoms with Crippen LogP contribution in [0.25, 0.3) is 44.6 Å². The topological polar surface area (TPSA) is 77.2 Å². The maximum atomic E-state index is 4.94. The Balaban J connectivity index is 1.47. The van der Waals surface area contributed by atoms with Crippen LogP contribution in [0.2, 0.25) is 0 Å². The molecule has 1 saturated carbocycles. The van der Waals surface area contributed by atoms with Crippen molar-refractivity contribution in [3.8, 4) is 22.4 Å². The second-order valence-electron chi connectivity index (χ2n) is 9.08. The first kappa shape index (κ1) is 17.4. The molecule has 6 rings (SSSR count). The highest BCUT2D eigenvalue weighted by atomic mass is 15.3. The van der Waals surface area contributed by atoms with E-state index in [0.29, 0.717) is 6.04 Å². The van der Waals surface area contributed by atoms with Gasteiger partial charge in [0.2, 0.25) is 0 Å². The Kier molecular flexibility index (Phi) is 3.48. The highest BCUT2D eigenvalue weighted by Crippen LogP contribution is 2.35. The van der Waals surface area contributed by atoms with E-state index < -0.39 is 0 Å². The molecule has 1 aliphatic rings. The summed E-state index contributed by atoms with van der Waals surface area (Å²) in [6, 6.07) is 6.92. The highest BCUT2D eigenvalue weighted by molar-refractivity contribution is 5.94. The van der Waals surface area contributed by atoms with Gasteiger partial charge in [0.05, 0.1) is 41.5 Å². The number of imidazole rings is 1. The fraction of sp³-hybridized carbons (Fsp3) is 0.304. The maximum absolute atomic E-state index is 4.94. The minimum Gasteiger partial charge on any atom is -0.344 e. The number of aromatic nitrogens is 7. The molecular formula is C23H23N7. The Labute approximate surface area is 173 Å². The lowest BCUT2D eigenvalue weighted by molar-refractivity contribution is 0.408. The van der Waals surface area contributed by atoms with Crippen LogP contribution < -0.4 is 0 Å². The fourth-order valence-corrected chi connectivity index (χ4v) is 3.97. The minimum atomic E-state index is -0.0394. The highest BCUT2D eigenvalue weighted by Gasteiger charge is 2.24. The summed E-state index contributed by atoms with van der Waals surface area (Å²) in [6.07, 6.45) is 12.1. The van der Waals surface area contributed by atoms with Crippen LogP contribution in [0.4, 0.5) is 0 Å². The van der Waals surface area contributed by atoms with Crippen molar-refractivity contribution in [2.75, 3.05) is 0 Å². The molecule has 0 amide bonds. The van der Waals surface area contributed by atoms with Crippen molar-refractivity contribution in [2.24, 2.45) is 0 Å². The van der Waals surface area contributed by atoms with Crippen LogP contribution in [0.3, 0.4) is 0 Å². The predicted molar refractivity (Wildman–Crippen MR) is 117 cm³/mol. The molecule has 0 aliphatic heterocycles. The van der Waals surface area contributed by atoms with E-state index in [4.69, 9.17) is 4.98 Å². The molecule has 30 heavy (non-hydrogen) atoms. The molecule has 0 bridgehead atoms. The number of benzene rings is 1. The Hall–Kier alpha value is -3.48. The molecular weight excluding hydrogens is 374 g/mol. The summed E-state index contributed by atoms with van der Waals surface area (Å²) in [6.45, 7) is 6.56. The van der Waals surface area contributed by atoms with Gasteiger partial charge < -0.3 is 9.55 Å². The van der Waals surface area contributed by atoms with Crippen molar-refractivity contribution in [3.05, 3.63) is 49.3 Å². The normalized spacial score (nSPS) is 14.8. The maximum Gasteiger partial charge on any atom is 0.156 e. The zero-order chi connectivity index (χ0) is 20.5. The second kappa shape index (κ2) is 6.01. The van der Waals surface area contributed by atoms with E-state index in [9.17, 15) is 0 Å². The molecule has 0 atom stereocenters. The van der Waals surface area contributed by atoms with Gasteiger partial charge in [-0.2, -0.15) is 5.10 Å². The number of aromatic amines is 1. The SMILES string of the molecule is CC(C)(C)n1cnc2ccc(-c3c[nH]c4ncc(-c5cnn(C6CC6)c5)nc34)cc21. The second-order valence-corrected chi connectivity index (χ2v) is 9.08. The Morgan fingerprint density at radius 3 is 2.73 bits per heavy atom.